The monoisotopic (exact) mass is 328 g/mol. The molecule has 128 valence electrons. The lowest BCUT2D eigenvalue weighted by Gasteiger charge is -2.21. The molecule has 24 heavy (non-hydrogen) atoms. The van der Waals surface area contributed by atoms with E-state index in [0.717, 1.165) is 50.7 Å². The van der Waals surface area contributed by atoms with Crippen LogP contribution in [0.15, 0.2) is 30.5 Å². The van der Waals surface area contributed by atoms with Crippen LogP contribution in [0, 0.1) is 6.92 Å². The topological polar surface area (TPSA) is 61.5 Å². The van der Waals surface area contributed by atoms with Gasteiger partial charge in [-0.15, -0.1) is 0 Å². The molecule has 1 aliphatic heterocycles. The molecule has 0 atom stereocenters. The fraction of sp³-hybridized carbons (Fsp3) is 0.444. The van der Waals surface area contributed by atoms with Gasteiger partial charge in [-0.2, -0.15) is 0 Å². The van der Waals surface area contributed by atoms with Crippen molar-refractivity contribution in [3.63, 3.8) is 0 Å². The fourth-order valence-electron chi connectivity index (χ4n) is 3.02. The molecule has 0 spiro atoms. The molecule has 1 aromatic heterocycles. The second-order valence-corrected chi connectivity index (χ2v) is 6.15. The van der Waals surface area contributed by atoms with Crippen LogP contribution in [0.25, 0.3) is 0 Å². The predicted molar refractivity (Wildman–Crippen MR) is 92.1 cm³/mol. The summed E-state index contributed by atoms with van der Waals surface area (Å²) in [5.41, 5.74) is 1.84. The lowest BCUT2D eigenvalue weighted by atomic mass is 10.2. The molecule has 2 aromatic rings. The Morgan fingerprint density at radius 2 is 2.00 bits per heavy atom. The van der Waals surface area contributed by atoms with Gasteiger partial charge < -0.3 is 14.6 Å². The smallest absolute Gasteiger partial charge is 0.271 e. The van der Waals surface area contributed by atoms with Crippen molar-refractivity contribution in [3.8, 4) is 5.75 Å². The average Bonchev–Trinajstić information content (AvgIpc) is 2.90. The maximum atomic E-state index is 12.5. The van der Waals surface area contributed by atoms with Crippen molar-refractivity contribution in [1.29, 1.82) is 0 Å². The van der Waals surface area contributed by atoms with Crippen LogP contribution in [-0.4, -0.2) is 59.0 Å². The number of nitrogens with one attached hydrogen (secondary N) is 1. The lowest BCUT2D eigenvalue weighted by molar-refractivity contribution is 0.0755. The van der Waals surface area contributed by atoms with E-state index in [-0.39, 0.29) is 5.91 Å². The van der Waals surface area contributed by atoms with Gasteiger partial charge in [0, 0.05) is 32.7 Å². The zero-order chi connectivity index (χ0) is 16.9. The van der Waals surface area contributed by atoms with Crippen LogP contribution in [0.4, 0.5) is 0 Å². The normalized spacial score (nSPS) is 16.0. The summed E-state index contributed by atoms with van der Waals surface area (Å²) in [7, 11) is 1.68. The van der Waals surface area contributed by atoms with Gasteiger partial charge in [-0.3, -0.25) is 9.69 Å². The molecule has 2 heterocycles. The molecular formula is C18H24N4O2. The molecule has 1 aliphatic rings. The molecule has 3 rings (SSSR count). The van der Waals surface area contributed by atoms with Gasteiger partial charge in [0.2, 0.25) is 0 Å². The average molecular weight is 328 g/mol. The van der Waals surface area contributed by atoms with Crippen LogP contribution >= 0.6 is 0 Å². The summed E-state index contributed by atoms with van der Waals surface area (Å²) in [4.78, 5) is 24.0. The van der Waals surface area contributed by atoms with E-state index < -0.39 is 0 Å². The number of carbonyl (C=O) groups is 1. The number of aromatic amines is 1. The summed E-state index contributed by atoms with van der Waals surface area (Å²) in [6.07, 6.45) is 2.60. The molecule has 1 saturated heterocycles. The molecular weight excluding hydrogens is 304 g/mol. The molecule has 0 aliphatic carbocycles. The van der Waals surface area contributed by atoms with Crippen molar-refractivity contribution in [2.75, 3.05) is 33.3 Å². The van der Waals surface area contributed by atoms with Gasteiger partial charge in [-0.25, -0.2) is 4.98 Å². The van der Waals surface area contributed by atoms with E-state index in [0.29, 0.717) is 5.69 Å². The van der Waals surface area contributed by atoms with E-state index in [1.54, 1.807) is 13.3 Å². The van der Waals surface area contributed by atoms with Gasteiger partial charge in [-0.05, 0) is 31.0 Å². The van der Waals surface area contributed by atoms with Crippen LogP contribution in [0.5, 0.6) is 5.75 Å². The Bertz CT molecular complexity index is 681. The molecule has 6 nitrogen and oxygen atoms in total. The van der Waals surface area contributed by atoms with E-state index >= 15 is 0 Å². The highest BCUT2D eigenvalue weighted by atomic mass is 16.5. The van der Waals surface area contributed by atoms with Crippen molar-refractivity contribution in [2.24, 2.45) is 0 Å². The first-order chi connectivity index (χ1) is 11.7. The summed E-state index contributed by atoms with van der Waals surface area (Å²) >= 11 is 0. The Kier molecular flexibility index (Phi) is 5.15. The van der Waals surface area contributed by atoms with Gasteiger partial charge in [0.25, 0.3) is 5.91 Å². The van der Waals surface area contributed by atoms with Crippen LogP contribution in [-0.2, 0) is 6.54 Å². The van der Waals surface area contributed by atoms with Gasteiger partial charge in [0.1, 0.15) is 17.3 Å². The zero-order valence-electron chi connectivity index (χ0n) is 14.3. The van der Waals surface area contributed by atoms with Crippen molar-refractivity contribution in [2.45, 2.75) is 19.9 Å². The Hall–Kier alpha value is -2.34. The SMILES string of the molecule is COc1ccc(CN2CCCN(C(=O)c3cnc(C)[nH]3)CC2)cc1. The highest BCUT2D eigenvalue weighted by Gasteiger charge is 2.21. The molecule has 1 amide bonds. The summed E-state index contributed by atoms with van der Waals surface area (Å²) in [6.45, 7) is 6.16. The first kappa shape index (κ1) is 16.5. The van der Waals surface area contributed by atoms with Crippen molar-refractivity contribution in [3.05, 3.63) is 47.5 Å². The highest BCUT2D eigenvalue weighted by Crippen LogP contribution is 2.15. The first-order valence-corrected chi connectivity index (χ1v) is 8.32. The number of methoxy groups -OCH3 is 1. The predicted octanol–water partition coefficient (Wildman–Crippen LogP) is 2.07. The third-order valence-corrected chi connectivity index (χ3v) is 4.37. The van der Waals surface area contributed by atoms with Crippen molar-refractivity contribution >= 4 is 5.91 Å². The molecule has 0 saturated carbocycles. The summed E-state index contributed by atoms with van der Waals surface area (Å²) in [6, 6.07) is 8.17. The molecule has 6 heteroatoms. The van der Waals surface area contributed by atoms with Gasteiger partial charge in [-0.1, -0.05) is 12.1 Å². The number of amides is 1. The second kappa shape index (κ2) is 7.49. The Labute approximate surface area is 142 Å². The van der Waals surface area contributed by atoms with Crippen molar-refractivity contribution < 1.29 is 9.53 Å². The van der Waals surface area contributed by atoms with Crippen LogP contribution in [0.3, 0.4) is 0 Å². The Morgan fingerprint density at radius 3 is 2.67 bits per heavy atom. The molecule has 1 fully saturated rings. The largest absolute Gasteiger partial charge is 0.497 e. The number of rotatable bonds is 4. The number of benzene rings is 1. The van der Waals surface area contributed by atoms with Gasteiger partial charge >= 0.3 is 0 Å². The lowest BCUT2D eigenvalue weighted by Crippen LogP contribution is -2.35. The number of carbonyl (C=O) groups excluding carboxylic acids is 1. The molecule has 0 unspecified atom stereocenters. The van der Waals surface area contributed by atoms with Crippen LogP contribution in [0.2, 0.25) is 0 Å². The fourth-order valence-corrected chi connectivity index (χ4v) is 3.02. The summed E-state index contributed by atoms with van der Waals surface area (Å²) < 4.78 is 5.20. The third-order valence-electron chi connectivity index (χ3n) is 4.37. The maximum Gasteiger partial charge on any atom is 0.271 e. The second-order valence-electron chi connectivity index (χ2n) is 6.15. The Balaban J connectivity index is 1.57. The van der Waals surface area contributed by atoms with E-state index in [2.05, 4.69) is 27.0 Å². The minimum Gasteiger partial charge on any atom is -0.497 e. The standard InChI is InChI=1S/C18H24N4O2/c1-14-19-12-17(20-14)18(23)22-9-3-8-21(10-11-22)13-15-4-6-16(24-2)7-5-15/h4-7,12H,3,8-11,13H2,1-2H3,(H,19,20). The van der Waals surface area contributed by atoms with E-state index in [4.69, 9.17) is 4.74 Å². The number of ether oxygens (including phenoxy) is 1. The minimum atomic E-state index is 0.0434. The van der Waals surface area contributed by atoms with E-state index in [1.165, 1.54) is 5.56 Å². The number of hydrogen-bond donors (Lipinski definition) is 1. The molecule has 1 aromatic carbocycles. The molecule has 1 N–H and O–H groups in total. The van der Waals surface area contributed by atoms with Crippen molar-refractivity contribution in [1.82, 2.24) is 19.8 Å². The number of H-pyrrole nitrogens is 1. The molecule has 0 radical (unpaired) electrons. The maximum absolute atomic E-state index is 12.5. The summed E-state index contributed by atoms with van der Waals surface area (Å²) in [5, 5.41) is 0. The van der Waals surface area contributed by atoms with Gasteiger partial charge in [0.05, 0.1) is 13.3 Å². The van der Waals surface area contributed by atoms with E-state index in [9.17, 15) is 4.79 Å². The highest BCUT2D eigenvalue weighted by molar-refractivity contribution is 5.92. The number of nitrogens with zero attached hydrogens (tertiary/aromatic N) is 3. The number of hydrogen-bond acceptors (Lipinski definition) is 4. The quantitative estimate of drug-likeness (QED) is 0.933. The van der Waals surface area contributed by atoms with Crippen LogP contribution < -0.4 is 4.74 Å². The third kappa shape index (κ3) is 3.94. The number of imidazole rings is 1. The minimum absolute atomic E-state index is 0.0434. The van der Waals surface area contributed by atoms with Crippen LogP contribution in [0.1, 0.15) is 28.3 Å². The van der Waals surface area contributed by atoms with E-state index in [1.807, 2.05) is 24.0 Å². The summed E-state index contributed by atoms with van der Waals surface area (Å²) in [5.74, 6) is 1.69. The number of aromatic nitrogens is 2. The molecule has 0 bridgehead atoms. The zero-order valence-corrected chi connectivity index (χ0v) is 14.3. The Morgan fingerprint density at radius 1 is 1.21 bits per heavy atom. The number of aryl methyl sites for hydroxylation is 1. The van der Waals surface area contributed by atoms with Gasteiger partial charge in [0.15, 0.2) is 0 Å². The first-order valence-electron chi connectivity index (χ1n) is 8.32.